The lowest BCUT2D eigenvalue weighted by atomic mass is 9.95. The Labute approximate surface area is 138 Å². The molecule has 1 heterocycles. The van der Waals surface area contributed by atoms with Gasteiger partial charge in [0.25, 0.3) is 0 Å². The lowest BCUT2D eigenvalue weighted by molar-refractivity contribution is -0.133. The summed E-state index contributed by atoms with van der Waals surface area (Å²) in [5.41, 5.74) is 2.20. The second kappa shape index (κ2) is 6.18. The van der Waals surface area contributed by atoms with Crippen LogP contribution in [-0.4, -0.2) is 26.0 Å². The summed E-state index contributed by atoms with van der Waals surface area (Å²) in [5.74, 6) is -1.11. The van der Waals surface area contributed by atoms with E-state index in [1.165, 1.54) is 0 Å². The molecule has 2 aromatic rings. The number of aliphatic hydroxyl groups excluding tert-OH is 1. The van der Waals surface area contributed by atoms with Gasteiger partial charge in [-0.05, 0) is 36.1 Å². The molecule has 120 valence electrons. The molecule has 5 nitrogen and oxygen atoms in total. The molecule has 1 aliphatic rings. The van der Waals surface area contributed by atoms with Gasteiger partial charge in [-0.25, -0.2) is 4.79 Å². The van der Waals surface area contributed by atoms with Crippen LogP contribution in [-0.2, 0) is 4.79 Å². The van der Waals surface area contributed by atoms with Gasteiger partial charge in [-0.1, -0.05) is 24.2 Å². The van der Waals surface area contributed by atoms with E-state index in [9.17, 15) is 9.90 Å². The normalized spacial score (nSPS) is 15.4. The molecule has 1 aliphatic carbocycles. The smallest absolute Gasteiger partial charge is 0.331 e. The molecule has 1 aromatic heterocycles. The van der Waals surface area contributed by atoms with Gasteiger partial charge < -0.3 is 10.2 Å². The molecule has 0 bridgehead atoms. The van der Waals surface area contributed by atoms with Crippen molar-refractivity contribution in [3.05, 3.63) is 53.3 Å². The fraction of sp³-hybridized carbons (Fsp3) is 0.294. The van der Waals surface area contributed by atoms with Crippen molar-refractivity contribution < 1.29 is 15.0 Å². The molecule has 0 radical (unpaired) electrons. The Morgan fingerprint density at radius 1 is 1.48 bits per heavy atom. The number of hydrogen-bond acceptors (Lipinski definition) is 3. The van der Waals surface area contributed by atoms with Crippen LogP contribution in [0.2, 0.25) is 5.02 Å². The van der Waals surface area contributed by atoms with Crippen LogP contribution in [0.15, 0.2) is 42.7 Å². The monoisotopic (exact) mass is 332 g/mol. The summed E-state index contributed by atoms with van der Waals surface area (Å²) >= 11 is 6.09. The van der Waals surface area contributed by atoms with Crippen molar-refractivity contribution in [3.8, 4) is 11.1 Å². The van der Waals surface area contributed by atoms with Crippen LogP contribution in [0.4, 0.5) is 0 Å². The number of carboxylic acids is 1. The summed E-state index contributed by atoms with van der Waals surface area (Å²) < 4.78 is 1.92. The summed E-state index contributed by atoms with van der Waals surface area (Å²) in [6.07, 6.45) is 4.93. The Morgan fingerprint density at radius 3 is 2.87 bits per heavy atom. The van der Waals surface area contributed by atoms with Crippen molar-refractivity contribution in [2.24, 2.45) is 0 Å². The SMILES string of the molecule is C=C(CC(O)c1ccc(Cl)cc1-c1cnn(C2CC2)c1)C(=O)O. The molecule has 1 atom stereocenters. The molecule has 1 aromatic carbocycles. The lowest BCUT2D eigenvalue weighted by Gasteiger charge is -2.15. The number of carboxylic acid groups (broad SMARTS) is 1. The van der Waals surface area contributed by atoms with Gasteiger partial charge >= 0.3 is 5.97 Å². The maximum Gasteiger partial charge on any atom is 0.331 e. The van der Waals surface area contributed by atoms with Crippen molar-refractivity contribution in [2.45, 2.75) is 31.4 Å². The van der Waals surface area contributed by atoms with Crippen LogP contribution in [0.1, 0.15) is 37.0 Å². The number of nitrogens with zero attached hydrogens (tertiary/aromatic N) is 2. The number of aromatic nitrogens is 2. The Morgan fingerprint density at radius 2 is 2.22 bits per heavy atom. The fourth-order valence-electron chi connectivity index (χ4n) is 2.52. The number of carbonyl (C=O) groups is 1. The highest BCUT2D eigenvalue weighted by Gasteiger charge is 2.25. The maximum absolute atomic E-state index is 10.9. The van der Waals surface area contributed by atoms with E-state index in [4.69, 9.17) is 16.7 Å². The highest BCUT2D eigenvalue weighted by molar-refractivity contribution is 6.30. The summed E-state index contributed by atoms with van der Waals surface area (Å²) in [6.45, 7) is 3.47. The topological polar surface area (TPSA) is 75.4 Å². The first-order valence-electron chi connectivity index (χ1n) is 7.39. The molecule has 23 heavy (non-hydrogen) atoms. The summed E-state index contributed by atoms with van der Waals surface area (Å²) in [6, 6.07) is 5.62. The van der Waals surface area contributed by atoms with Crippen molar-refractivity contribution in [1.82, 2.24) is 9.78 Å². The minimum absolute atomic E-state index is 0.0351. The zero-order valence-corrected chi connectivity index (χ0v) is 13.2. The average Bonchev–Trinajstić information content (AvgIpc) is 3.24. The minimum Gasteiger partial charge on any atom is -0.478 e. The molecule has 0 spiro atoms. The summed E-state index contributed by atoms with van der Waals surface area (Å²) in [7, 11) is 0. The van der Waals surface area contributed by atoms with Crippen LogP contribution in [0, 0.1) is 0 Å². The second-order valence-corrected chi connectivity index (χ2v) is 6.24. The van der Waals surface area contributed by atoms with E-state index in [0.29, 0.717) is 16.6 Å². The quantitative estimate of drug-likeness (QED) is 0.792. The predicted octanol–water partition coefficient (Wildman–Crippen LogP) is 3.60. The molecule has 0 amide bonds. The molecular weight excluding hydrogens is 316 g/mol. The molecule has 0 saturated heterocycles. The van der Waals surface area contributed by atoms with E-state index >= 15 is 0 Å². The third-order valence-electron chi connectivity index (χ3n) is 3.95. The van der Waals surface area contributed by atoms with Crippen LogP contribution in [0.5, 0.6) is 0 Å². The first-order valence-corrected chi connectivity index (χ1v) is 7.76. The third-order valence-corrected chi connectivity index (χ3v) is 4.19. The number of benzene rings is 1. The summed E-state index contributed by atoms with van der Waals surface area (Å²) in [5, 5.41) is 24.2. The largest absolute Gasteiger partial charge is 0.478 e. The number of aliphatic carboxylic acids is 1. The van der Waals surface area contributed by atoms with E-state index in [2.05, 4.69) is 11.7 Å². The Balaban J connectivity index is 1.93. The van der Waals surface area contributed by atoms with Gasteiger partial charge in [-0.3, -0.25) is 4.68 Å². The van der Waals surface area contributed by atoms with E-state index in [1.54, 1.807) is 24.4 Å². The standard InChI is InChI=1S/C17H17ClN2O3/c1-10(17(22)23)6-16(21)14-5-2-12(18)7-15(14)11-8-19-20(9-11)13-3-4-13/h2,5,7-9,13,16,21H,1,3-4,6H2,(H,22,23). The van der Waals surface area contributed by atoms with Gasteiger partial charge in [0.2, 0.25) is 0 Å². The van der Waals surface area contributed by atoms with E-state index < -0.39 is 12.1 Å². The van der Waals surface area contributed by atoms with Crippen LogP contribution in [0.25, 0.3) is 11.1 Å². The van der Waals surface area contributed by atoms with Gasteiger partial charge in [0, 0.05) is 28.8 Å². The average molecular weight is 333 g/mol. The van der Waals surface area contributed by atoms with Gasteiger partial charge in [0.1, 0.15) is 0 Å². The van der Waals surface area contributed by atoms with Gasteiger partial charge in [0.05, 0.1) is 18.3 Å². The molecule has 1 saturated carbocycles. The van der Waals surface area contributed by atoms with E-state index in [0.717, 1.165) is 24.0 Å². The zero-order valence-electron chi connectivity index (χ0n) is 12.4. The van der Waals surface area contributed by atoms with Gasteiger partial charge in [-0.2, -0.15) is 5.10 Å². The number of hydrogen-bond donors (Lipinski definition) is 2. The Kier molecular flexibility index (Phi) is 4.24. The van der Waals surface area contributed by atoms with Crippen molar-refractivity contribution in [1.29, 1.82) is 0 Å². The van der Waals surface area contributed by atoms with Crippen LogP contribution in [0.3, 0.4) is 0 Å². The molecular formula is C17H17ClN2O3. The molecule has 3 rings (SSSR count). The lowest BCUT2D eigenvalue weighted by Crippen LogP contribution is -2.06. The van der Waals surface area contributed by atoms with Crippen molar-refractivity contribution in [3.63, 3.8) is 0 Å². The zero-order chi connectivity index (χ0) is 16.6. The third kappa shape index (κ3) is 3.46. The highest BCUT2D eigenvalue weighted by Crippen LogP contribution is 2.37. The van der Waals surface area contributed by atoms with Gasteiger partial charge in [-0.15, -0.1) is 0 Å². The second-order valence-electron chi connectivity index (χ2n) is 5.80. The number of aliphatic hydroxyl groups is 1. The molecule has 0 aliphatic heterocycles. The molecule has 1 fully saturated rings. The van der Waals surface area contributed by atoms with E-state index in [1.807, 2.05) is 10.9 Å². The fourth-order valence-corrected chi connectivity index (χ4v) is 2.69. The number of rotatable bonds is 6. The van der Waals surface area contributed by atoms with Crippen LogP contribution < -0.4 is 0 Å². The van der Waals surface area contributed by atoms with Crippen molar-refractivity contribution in [2.75, 3.05) is 0 Å². The summed E-state index contributed by atoms with van der Waals surface area (Å²) in [4.78, 5) is 10.9. The van der Waals surface area contributed by atoms with Crippen molar-refractivity contribution >= 4 is 17.6 Å². The Bertz CT molecular complexity index is 765. The Hall–Kier alpha value is -2.11. The predicted molar refractivity (Wildman–Crippen MR) is 87.3 cm³/mol. The maximum atomic E-state index is 10.9. The first kappa shape index (κ1) is 15.8. The van der Waals surface area contributed by atoms with Gasteiger partial charge in [0.15, 0.2) is 0 Å². The van der Waals surface area contributed by atoms with Crippen LogP contribution >= 0.6 is 11.6 Å². The number of halogens is 1. The molecule has 1 unspecified atom stereocenters. The van der Waals surface area contributed by atoms with E-state index in [-0.39, 0.29) is 12.0 Å². The first-order chi connectivity index (χ1) is 11.0. The minimum atomic E-state index is -1.11. The molecule has 2 N–H and O–H groups in total. The molecule has 6 heteroatoms. The highest BCUT2D eigenvalue weighted by atomic mass is 35.5.